The van der Waals surface area contributed by atoms with E-state index in [2.05, 4.69) is 10.6 Å². The first-order valence-electron chi connectivity index (χ1n) is 7.02. The zero-order valence-corrected chi connectivity index (χ0v) is 12.9. The molecule has 0 heterocycles. The molecule has 0 aliphatic heterocycles. The van der Waals surface area contributed by atoms with Crippen LogP contribution in [-0.4, -0.2) is 25.4 Å². The van der Waals surface area contributed by atoms with Crippen LogP contribution in [0.3, 0.4) is 0 Å². The monoisotopic (exact) mass is 294 g/mol. The molecule has 0 atom stereocenters. The highest BCUT2D eigenvalue weighted by atomic mass is 32.1. The fourth-order valence-electron chi connectivity index (χ4n) is 2.48. The molecule has 5 heteroatoms. The van der Waals surface area contributed by atoms with Gasteiger partial charge in [0.05, 0.1) is 14.2 Å². The summed E-state index contributed by atoms with van der Waals surface area (Å²) in [7, 11) is 3.27. The minimum absolute atomic E-state index is 0.497. The Labute approximate surface area is 125 Å². The first-order valence-corrected chi connectivity index (χ1v) is 7.42. The Kier molecular flexibility index (Phi) is 5.47. The average molecular weight is 294 g/mol. The summed E-state index contributed by atoms with van der Waals surface area (Å²) in [6.45, 7) is 0. The molecule has 2 rings (SSSR count). The van der Waals surface area contributed by atoms with Crippen molar-refractivity contribution in [1.82, 2.24) is 5.32 Å². The van der Waals surface area contributed by atoms with Gasteiger partial charge in [-0.1, -0.05) is 19.3 Å². The van der Waals surface area contributed by atoms with Gasteiger partial charge in [-0.2, -0.15) is 0 Å². The van der Waals surface area contributed by atoms with E-state index in [1.807, 2.05) is 18.2 Å². The van der Waals surface area contributed by atoms with Crippen LogP contribution in [0.5, 0.6) is 11.5 Å². The van der Waals surface area contributed by atoms with Gasteiger partial charge in [-0.25, -0.2) is 0 Å². The standard InChI is InChI=1S/C15H22N2O2S/c1-18-13-8-12(9-14(10-13)19-2)17-15(20)16-11-6-4-3-5-7-11/h8-11H,3-7H2,1-2H3,(H2,16,17,20). The number of benzene rings is 1. The van der Waals surface area contributed by atoms with Gasteiger partial charge >= 0.3 is 0 Å². The number of ether oxygens (including phenoxy) is 2. The number of rotatable bonds is 4. The smallest absolute Gasteiger partial charge is 0.170 e. The zero-order valence-electron chi connectivity index (χ0n) is 12.1. The summed E-state index contributed by atoms with van der Waals surface area (Å²) in [5.74, 6) is 1.49. The molecule has 1 aromatic carbocycles. The van der Waals surface area contributed by atoms with E-state index in [9.17, 15) is 0 Å². The van der Waals surface area contributed by atoms with Gasteiger partial charge in [0, 0.05) is 29.9 Å². The maximum Gasteiger partial charge on any atom is 0.170 e. The van der Waals surface area contributed by atoms with E-state index in [-0.39, 0.29) is 0 Å². The second-order valence-corrected chi connectivity index (χ2v) is 5.44. The van der Waals surface area contributed by atoms with Crippen molar-refractivity contribution in [2.75, 3.05) is 19.5 Å². The van der Waals surface area contributed by atoms with Crippen molar-refractivity contribution < 1.29 is 9.47 Å². The fraction of sp³-hybridized carbons (Fsp3) is 0.533. The Morgan fingerprint density at radius 2 is 1.65 bits per heavy atom. The third kappa shape index (κ3) is 4.27. The van der Waals surface area contributed by atoms with Crippen LogP contribution >= 0.6 is 12.2 Å². The molecule has 0 saturated heterocycles. The molecule has 1 fully saturated rings. The lowest BCUT2D eigenvalue weighted by Crippen LogP contribution is -2.38. The molecule has 1 aliphatic carbocycles. The van der Waals surface area contributed by atoms with Gasteiger partial charge in [0.1, 0.15) is 11.5 Å². The van der Waals surface area contributed by atoms with Gasteiger partial charge in [-0.3, -0.25) is 0 Å². The van der Waals surface area contributed by atoms with E-state index in [0.717, 1.165) is 17.2 Å². The second kappa shape index (κ2) is 7.33. The quantitative estimate of drug-likeness (QED) is 0.834. The molecule has 0 bridgehead atoms. The van der Waals surface area contributed by atoms with Crippen molar-refractivity contribution in [3.63, 3.8) is 0 Å². The van der Waals surface area contributed by atoms with Crippen molar-refractivity contribution >= 4 is 23.0 Å². The van der Waals surface area contributed by atoms with Crippen LogP contribution in [0, 0.1) is 0 Å². The Bertz CT molecular complexity index is 437. The summed E-state index contributed by atoms with van der Waals surface area (Å²) < 4.78 is 10.5. The first-order chi connectivity index (χ1) is 9.71. The van der Waals surface area contributed by atoms with Gasteiger partial charge in [0.15, 0.2) is 5.11 Å². The molecule has 2 N–H and O–H groups in total. The number of thiocarbonyl (C=S) groups is 1. The van der Waals surface area contributed by atoms with Crippen molar-refractivity contribution in [1.29, 1.82) is 0 Å². The molecular weight excluding hydrogens is 272 g/mol. The topological polar surface area (TPSA) is 42.5 Å². The average Bonchev–Trinajstić information content (AvgIpc) is 2.47. The van der Waals surface area contributed by atoms with Crippen LogP contribution in [0.4, 0.5) is 5.69 Å². The Morgan fingerprint density at radius 3 is 2.20 bits per heavy atom. The maximum atomic E-state index is 5.37. The van der Waals surface area contributed by atoms with Crippen LogP contribution in [0.2, 0.25) is 0 Å². The molecule has 4 nitrogen and oxygen atoms in total. The molecule has 1 saturated carbocycles. The lowest BCUT2D eigenvalue weighted by Gasteiger charge is -2.24. The van der Waals surface area contributed by atoms with Gasteiger partial charge in [-0.15, -0.1) is 0 Å². The maximum absolute atomic E-state index is 5.37. The fourth-order valence-corrected chi connectivity index (χ4v) is 2.76. The van der Waals surface area contributed by atoms with E-state index in [4.69, 9.17) is 21.7 Å². The van der Waals surface area contributed by atoms with Crippen molar-refractivity contribution in [2.24, 2.45) is 0 Å². The minimum Gasteiger partial charge on any atom is -0.497 e. The molecular formula is C15H22N2O2S. The third-order valence-corrected chi connectivity index (χ3v) is 3.77. The minimum atomic E-state index is 0.497. The lowest BCUT2D eigenvalue weighted by molar-refractivity contribution is 0.395. The summed E-state index contributed by atoms with van der Waals surface area (Å²) in [6.07, 6.45) is 6.30. The Hall–Kier alpha value is -1.49. The van der Waals surface area contributed by atoms with Gasteiger partial charge in [0.2, 0.25) is 0 Å². The third-order valence-electron chi connectivity index (χ3n) is 3.55. The summed E-state index contributed by atoms with van der Waals surface area (Å²) in [6, 6.07) is 6.13. The highest BCUT2D eigenvalue weighted by Crippen LogP contribution is 2.26. The number of hydrogen-bond donors (Lipinski definition) is 2. The van der Waals surface area contributed by atoms with E-state index < -0.39 is 0 Å². The number of hydrogen-bond acceptors (Lipinski definition) is 3. The molecule has 0 amide bonds. The van der Waals surface area contributed by atoms with Crippen LogP contribution in [0.25, 0.3) is 0 Å². The highest BCUT2D eigenvalue weighted by Gasteiger charge is 2.14. The number of nitrogens with one attached hydrogen (secondary N) is 2. The summed E-state index contributed by atoms with van der Waals surface area (Å²) in [4.78, 5) is 0. The van der Waals surface area contributed by atoms with Crippen LogP contribution in [0.15, 0.2) is 18.2 Å². The van der Waals surface area contributed by atoms with Crippen molar-refractivity contribution in [3.05, 3.63) is 18.2 Å². The van der Waals surface area contributed by atoms with E-state index in [1.54, 1.807) is 14.2 Å². The Morgan fingerprint density at radius 1 is 1.05 bits per heavy atom. The predicted octanol–water partition coefficient (Wildman–Crippen LogP) is 3.32. The Balaban J connectivity index is 1.95. The molecule has 0 spiro atoms. The largest absolute Gasteiger partial charge is 0.497 e. The first kappa shape index (κ1) is 14.9. The molecule has 1 aliphatic rings. The zero-order chi connectivity index (χ0) is 14.4. The van der Waals surface area contributed by atoms with Gasteiger partial charge < -0.3 is 20.1 Å². The second-order valence-electron chi connectivity index (χ2n) is 5.03. The van der Waals surface area contributed by atoms with Crippen molar-refractivity contribution in [2.45, 2.75) is 38.1 Å². The normalized spacial score (nSPS) is 15.5. The van der Waals surface area contributed by atoms with E-state index in [0.29, 0.717) is 11.2 Å². The molecule has 110 valence electrons. The SMILES string of the molecule is COc1cc(NC(=S)NC2CCCCC2)cc(OC)c1. The van der Waals surface area contributed by atoms with Crippen LogP contribution < -0.4 is 20.1 Å². The predicted molar refractivity (Wildman–Crippen MR) is 85.8 cm³/mol. The van der Waals surface area contributed by atoms with E-state index >= 15 is 0 Å². The molecule has 0 aromatic heterocycles. The van der Waals surface area contributed by atoms with E-state index in [1.165, 1.54) is 32.1 Å². The van der Waals surface area contributed by atoms with Crippen LogP contribution in [-0.2, 0) is 0 Å². The molecule has 0 radical (unpaired) electrons. The number of methoxy groups -OCH3 is 2. The summed E-state index contributed by atoms with van der Waals surface area (Å²) in [5.41, 5.74) is 0.870. The molecule has 1 aromatic rings. The molecule has 0 unspecified atom stereocenters. The van der Waals surface area contributed by atoms with Crippen LogP contribution in [0.1, 0.15) is 32.1 Å². The number of anilines is 1. The lowest BCUT2D eigenvalue weighted by atomic mass is 9.96. The van der Waals surface area contributed by atoms with Crippen molar-refractivity contribution in [3.8, 4) is 11.5 Å². The van der Waals surface area contributed by atoms with Gasteiger partial charge in [0.25, 0.3) is 0 Å². The summed E-state index contributed by atoms with van der Waals surface area (Å²) >= 11 is 5.37. The molecule has 20 heavy (non-hydrogen) atoms. The van der Waals surface area contributed by atoms with Gasteiger partial charge in [-0.05, 0) is 25.1 Å². The summed E-state index contributed by atoms with van der Waals surface area (Å²) in [5, 5.41) is 7.24. The highest BCUT2D eigenvalue weighted by molar-refractivity contribution is 7.80.